The minimum Gasteiger partial charge on any atom is -0.504 e. The van der Waals surface area contributed by atoms with Gasteiger partial charge in [-0.3, -0.25) is 0 Å². The van der Waals surface area contributed by atoms with E-state index in [4.69, 9.17) is 4.74 Å². The van der Waals surface area contributed by atoms with Crippen LogP contribution in [-0.2, 0) is 6.42 Å². The summed E-state index contributed by atoms with van der Waals surface area (Å²) in [5.74, 6) is 1.81. The summed E-state index contributed by atoms with van der Waals surface area (Å²) in [7, 11) is 3.33. The summed E-state index contributed by atoms with van der Waals surface area (Å²) in [5, 5.41) is 13.0. The SMILES string of the molecule is CCCc1nc(-c2ccc(OC)c(O)c2)nc(NC)c1Br. The summed E-state index contributed by atoms with van der Waals surface area (Å²) in [5.41, 5.74) is 1.69. The second kappa shape index (κ2) is 6.76. The van der Waals surface area contributed by atoms with E-state index in [1.54, 1.807) is 12.1 Å². The van der Waals surface area contributed by atoms with Crippen LogP contribution in [0.5, 0.6) is 11.5 Å². The number of hydrogen-bond donors (Lipinski definition) is 2. The van der Waals surface area contributed by atoms with Gasteiger partial charge in [-0.2, -0.15) is 0 Å². The number of aromatic hydroxyl groups is 1. The lowest BCUT2D eigenvalue weighted by Crippen LogP contribution is -2.03. The number of methoxy groups -OCH3 is 1. The lowest BCUT2D eigenvalue weighted by Gasteiger charge is -2.11. The van der Waals surface area contributed by atoms with Crippen molar-refractivity contribution in [2.75, 3.05) is 19.5 Å². The third-order valence-electron chi connectivity index (χ3n) is 3.08. The number of phenols is 1. The average Bonchev–Trinajstić information content (AvgIpc) is 2.49. The highest BCUT2D eigenvalue weighted by molar-refractivity contribution is 9.10. The molecule has 5 nitrogen and oxygen atoms in total. The molecule has 0 saturated carbocycles. The number of anilines is 1. The largest absolute Gasteiger partial charge is 0.504 e. The average molecular weight is 352 g/mol. The fraction of sp³-hybridized carbons (Fsp3) is 0.333. The summed E-state index contributed by atoms with van der Waals surface area (Å²) >= 11 is 3.53. The molecule has 0 bridgehead atoms. The molecule has 2 aromatic rings. The Morgan fingerprint density at radius 3 is 2.67 bits per heavy atom. The van der Waals surface area contributed by atoms with Crippen LogP contribution in [0.4, 0.5) is 5.82 Å². The third kappa shape index (κ3) is 3.26. The highest BCUT2D eigenvalue weighted by atomic mass is 79.9. The summed E-state index contributed by atoms with van der Waals surface area (Å²) < 4.78 is 5.93. The molecule has 6 heteroatoms. The Labute approximate surface area is 132 Å². The molecule has 0 radical (unpaired) electrons. The number of aryl methyl sites for hydroxylation is 1. The molecule has 0 aliphatic heterocycles. The van der Waals surface area contributed by atoms with Gasteiger partial charge in [0.15, 0.2) is 17.3 Å². The second-order valence-electron chi connectivity index (χ2n) is 4.54. The predicted octanol–water partition coefficient (Wildman–Crippen LogP) is 3.61. The van der Waals surface area contributed by atoms with Crippen LogP contribution in [0.1, 0.15) is 19.0 Å². The second-order valence-corrected chi connectivity index (χ2v) is 5.34. The van der Waals surface area contributed by atoms with Gasteiger partial charge in [0.05, 0.1) is 17.3 Å². The molecule has 0 atom stereocenters. The van der Waals surface area contributed by atoms with Gasteiger partial charge in [0, 0.05) is 12.6 Å². The van der Waals surface area contributed by atoms with E-state index in [1.807, 2.05) is 13.1 Å². The molecule has 2 rings (SSSR count). The van der Waals surface area contributed by atoms with Gasteiger partial charge in [0.25, 0.3) is 0 Å². The van der Waals surface area contributed by atoms with Crippen LogP contribution < -0.4 is 10.1 Å². The van der Waals surface area contributed by atoms with Crippen LogP contribution in [0.2, 0.25) is 0 Å². The maximum atomic E-state index is 9.90. The fourth-order valence-corrected chi connectivity index (χ4v) is 2.59. The Bertz CT molecular complexity index is 647. The molecular weight excluding hydrogens is 334 g/mol. The number of hydrogen-bond acceptors (Lipinski definition) is 5. The van der Waals surface area contributed by atoms with E-state index >= 15 is 0 Å². The molecule has 0 aliphatic carbocycles. The number of halogens is 1. The van der Waals surface area contributed by atoms with E-state index in [9.17, 15) is 5.11 Å². The molecule has 0 fully saturated rings. The summed E-state index contributed by atoms with van der Waals surface area (Å²) in [6.45, 7) is 2.10. The van der Waals surface area contributed by atoms with Gasteiger partial charge in [-0.05, 0) is 40.5 Å². The summed E-state index contributed by atoms with van der Waals surface area (Å²) in [6, 6.07) is 5.14. The zero-order valence-corrected chi connectivity index (χ0v) is 13.9. The number of benzene rings is 1. The maximum absolute atomic E-state index is 9.90. The Morgan fingerprint density at radius 1 is 1.33 bits per heavy atom. The first kappa shape index (κ1) is 15.6. The molecule has 1 aromatic carbocycles. The zero-order chi connectivity index (χ0) is 15.4. The van der Waals surface area contributed by atoms with Crippen molar-refractivity contribution in [1.82, 2.24) is 9.97 Å². The van der Waals surface area contributed by atoms with Gasteiger partial charge in [-0.25, -0.2) is 9.97 Å². The highest BCUT2D eigenvalue weighted by Crippen LogP contribution is 2.32. The Hall–Kier alpha value is -1.82. The molecular formula is C15H18BrN3O2. The molecule has 1 aromatic heterocycles. The third-order valence-corrected chi connectivity index (χ3v) is 3.91. The van der Waals surface area contributed by atoms with Gasteiger partial charge in [0.2, 0.25) is 0 Å². The lowest BCUT2D eigenvalue weighted by atomic mass is 10.1. The van der Waals surface area contributed by atoms with E-state index < -0.39 is 0 Å². The number of phenolic OH excluding ortho intramolecular Hbond substituents is 1. The minimum atomic E-state index is 0.0737. The van der Waals surface area contributed by atoms with Crippen molar-refractivity contribution in [3.8, 4) is 22.9 Å². The van der Waals surface area contributed by atoms with Crippen LogP contribution in [0.3, 0.4) is 0 Å². The van der Waals surface area contributed by atoms with Crippen LogP contribution in [0.15, 0.2) is 22.7 Å². The lowest BCUT2D eigenvalue weighted by molar-refractivity contribution is 0.373. The van der Waals surface area contributed by atoms with E-state index in [-0.39, 0.29) is 5.75 Å². The van der Waals surface area contributed by atoms with E-state index in [2.05, 4.69) is 38.1 Å². The van der Waals surface area contributed by atoms with Crippen LogP contribution in [0.25, 0.3) is 11.4 Å². The molecule has 21 heavy (non-hydrogen) atoms. The molecule has 112 valence electrons. The van der Waals surface area contributed by atoms with Gasteiger partial charge in [-0.15, -0.1) is 0 Å². The molecule has 2 N–H and O–H groups in total. The predicted molar refractivity (Wildman–Crippen MR) is 86.9 cm³/mol. The van der Waals surface area contributed by atoms with Crippen molar-refractivity contribution in [3.05, 3.63) is 28.4 Å². The van der Waals surface area contributed by atoms with E-state index in [0.29, 0.717) is 11.6 Å². The molecule has 0 aliphatic rings. The first-order valence-electron chi connectivity index (χ1n) is 6.72. The monoisotopic (exact) mass is 351 g/mol. The number of nitrogens with one attached hydrogen (secondary N) is 1. The van der Waals surface area contributed by atoms with Gasteiger partial charge in [0.1, 0.15) is 5.82 Å². The smallest absolute Gasteiger partial charge is 0.161 e. The molecule has 1 heterocycles. The van der Waals surface area contributed by atoms with Crippen molar-refractivity contribution >= 4 is 21.7 Å². The highest BCUT2D eigenvalue weighted by Gasteiger charge is 2.13. The van der Waals surface area contributed by atoms with Gasteiger partial charge in [-0.1, -0.05) is 13.3 Å². The number of nitrogens with zero attached hydrogens (tertiary/aromatic N) is 2. The van der Waals surface area contributed by atoms with E-state index in [0.717, 1.165) is 34.4 Å². The zero-order valence-electron chi connectivity index (χ0n) is 12.3. The summed E-state index contributed by atoms with van der Waals surface area (Å²) in [4.78, 5) is 9.07. The fourth-order valence-electron chi connectivity index (χ4n) is 2.02. The van der Waals surface area contributed by atoms with Gasteiger partial charge >= 0.3 is 0 Å². The maximum Gasteiger partial charge on any atom is 0.161 e. The van der Waals surface area contributed by atoms with E-state index in [1.165, 1.54) is 7.11 Å². The van der Waals surface area contributed by atoms with Crippen LogP contribution in [0, 0.1) is 0 Å². The van der Waals surface area contributed by atoms with Gasteiger partial charge < -0.3 is 15.2 Å². The van der Waals surface area contributed by atoms with Crippen molar-refractivity contribution in [1.29, 1.82) is 0 Å². The standard InChI is InChI=1S/C15H18BrN3O2/c1-4-5-10-13(16)15(17-2)19-14(18-10)9-6-7-12(21-3)11(20)8-9/h6-8,20H,4-5H2,1-3H3,(H,17,18,19). The quantitative estimate of drug-likeness (QED) is 0.860. The Morgan fingerprint density at radius 2 is 2.10 bits per heavy atom. The number of aromatic nitrogens is 2. The molecule has 0 spiro atoms. The first-order valence-corrected chi connectivity index (χ1v) is 7.51. The molecule has 0 saturated heterocycles. The first-order chi connectivity index (χ1) is 10.1. The van der Waals surface area contributed by atoms with Crippen molar-refractivity contribution in [2.24, 2.45) is 0 Å². The van der Waals surface area contributed by atoms with Crippen molar-refractivity contribution < 1.29 is 9.84 Å². The summed E-state index contributed by atoms with van der Waals surface area (Å²) in [6.07, 6.45) is 1.85. The van der Waals surface area contributed by atoms with Crippen molar-refractivity contribution in [2.45, 2.75) is 19.8 Å². The Kier molecular flexibility index (Phi) is 5.01. The normalized spacial score (nSPS) is 10.5. The van der Waals surface area contributed by atoms with Crippen LogP contribution in [-0.4, -0.2) is 29.2 Å². The van der Waals surface area contributed by atoms with Crippen molar-refractivity contribution in [3.63, 3.8) is 0 Å². The topological polar surface area (TPSA) is 67.3 Å². The van der Waals surface area contributed by atoms with Crippen LogP contribution >= 0.6 is 15.9 Å². The molecule has 0 amide bonds. The Balaban J connectivity index is 2.52. The number of ether oxygens (including phenoxy) is 1. The number of rotatable bonds is 5. The minimum absolute atomic E-state index is 0.0737. The molecule has 0 unspecified atom stereocenters.